The van der Waals surface area contributed by atoms with Gasteiger partial charge in [-0.05, 0) is 30.7 Å². The Morgan fingerprint density at radius 2 is 1.92 bits per heavy atom. The largest absolute Gasteiger partial charge is 0.478 e. The number of nitrogens with zero attached hydrogens (tertiary/aromatic N) is 2. The Kier molecular flexibility index (Phi) is 6.52. The molecule has 2 N–H and O–H groups in total. The molecule has 0 bridgehead atoms. The smallest absolute Gasteiger partial charge is 0.335 e. The molecule has 0 aromatic heterocycles. The van der Waals surface area contributed by atoms with Crippen LogP contribution in [-0.4, -0.2) is 28.4 Å². The van der Waals surface area contributed by atoms with Gasteiger partial charge >= 0.3 is 5.97 Å². The van der Waals surface area contributed by atoms with Gasteiger partial charge in [0.2, 0.25) is 0 Å². The van der Waals surface area contributed by atoms with Crippen LogP contribution in [0.3, 0.4) is 0 Å². The normalized spacial score (nSPS) is 10.7. The van der Waals surface area contributed by atoms with Crippen LogP contribution in [0.15, 0.2) is 66.4 Å². The highest BCUT2D eigenvalue weighted by Crippen LogP contribution is 2.13. The van der Waals surface area contributed by atoms with Gasteiger partial charge in [0.25, 0.3) is 5.91 Å². The number of benzene rings is 2. The van der Waals surface area contributed by atoms with Crippen LogP contribution >= 0.6 is 0 Å². The van der Waals surface area contributed by atoms with E-state index in [9.17, 15) is 14.9 Å². The Labute approximate surface area is 152 Å². The summed E-state index contributed by atoms with van der Waals surface area (Å²) in [4.78, 5) is 25.2. The van der Waals surface area contributed by atoms with E-state index in [-0.39, 0.29) is 11.1 Å². The predicted octanol–water partition coefficient (Wildman–Crippen LogP) is 3.25. The van der Waals surface area contributed by atoms with Gasteiger partial charge in [0.15, 0.2) is 0 Å². The molecule has 0 spiro atoms. The molecule has 2 aromatic carbocycles. The van der Waals surface area contributed by atoms with Crippen molar-refractivity contribution >= 4 is 17.6 Å². The van der Waals surface area contributed by atoms with Crippen LogP contribution in [-0.2, 0) is 11.3 Å². The fourth-order valence-electron chi connectivity index (χ4n) is 2.32. The summed E-state index contributed by atoms with van der Waals surface area (Å²) in [5, 5.41) is 20.9. The first-order chi connectivity index (χ1) is 12.5. The van der Waals surface area contributed by atoms with Crippen molar-refractivity contribution in [2.45, 2.75) is 13.5 Å². The molecule has 6 nitrogen and oxygen atoms in total. The Bertz CT molecular complexity index is 854. The highest BCUT2D eigenvalue weighted by Gasteiger charge is 2.12. The Morgan fingerprint density at radius 1 is 1.19 bits per heavy atom. The number of hydrogen-bond acceptors (Lipinski definition) is 4. The molecule has 1 amide bonds. The molecule has 0 saturated carbocycles. The Balaban J connectivity index is 2.14. The fourth-order valence-corrected chi connectivity index (χ4v) is 2.32. The van der Waals surface area contributed by atoms with Crippen molar-refractivity contribution < 1.29 is 14.7 Å². The van der Waals surface area contributed by atoms with E-state index < -0.39 is 11.9 Å². The first-order valence-corrected chi connectivity index (χ1v) is 8.08. The van der Waals surface area contributed by atoms with E-state index >= 15 is 0 Å². The molecule has 2 aromatic rings. The molecular weight excluding hydrogens is 330 g/mol. The third-order valence-corrected chi connectivity index (χ3v) is 3.68. The minimum absolute atomic E-state index is 0.0523. The number of amides is 1. The molecule has 26 heavy (non-hydrogen) atoms. The van der Waals surface area contributed by atoms with Crippen LogP contribution in [0.1, 0.15) is 22.8 Å². The van der Waals surface area contributed by atoms with Gasteiger partial charge < -0.3 is 15.3 Å². The summed E-state index contributed by atoms with van der Waals surface area (Å²) in [5.74, 6) is -1.67. The standard InChI is InChI=1S/C20H19N3O3/c1-2-23(13-15-7-4-3-5-8-15)14-17(12-21)19(24)22-18-10-6-9-16(11-18)20(25)26/h3-11,14H,2,13H2,1H3,(H,22,24)(H,25,26)/b17-14-. The lowest BCUT2D eigenvalue weighted by Gasteiger charge is -2.19. The lowest BCUT2D eigenvalue weighted by Crippen LogP contribution is -2.21. The van der Waals surface area contributed by atoms with Crippen LogP contribution in [0.4, 0.5) is 5.69 Å². The van der Waals surface area contributed by atoms with Crippen molar-refractivity contribution in [1.29, 1.82) is 5.26 Å². The minimum atomic E-state index is -1.09. The third-order valence-electron chi connectivity index (χ3n) is 3.68. The van der Waals surface area contributed by atoms with E-state index in [1.807, 2.05) is 48.2 Å². The molecule has 0 saturated heterocycles. The van der Waals surface area contributed by atoms with Crippen LogP contribution in [0.5, 0.6) is 0 Å². The SMILES string of the molecule is CCN(/C=C(/C#N)C(=O)Nc1cccc(C(=O)O)c1)Cc1ccccc1. The second-order valence-electron chi connectivity index (χ2n) is 5.54. The molecule has 0 heterocycles. The number of carbonyl (C=O) groups is 2. The van der Waals surface area contributed by atoms with Crippen molar-refractivity contribution in [3.63, 3.8) is 0 Å². The third kappa shape index (κ3) is 5.21. The topological polar surface area (TPSA) is 93.4 Å². The second kappa shape index (κ2) is 9.04. The molecule has 0 aliphatic heterocycles. The maximum Gasteiger partial charge on any atom is 0.335 e. The van der Waals surface area contributed by atoms with Crippen molar-refractivity contribution in [3.8, 4) is 6.07 Å². The molecule has 0 aliphatic carbocycles. The number of hydrogen-bond donors (Lipinski definition) is 2. The highest BCUT2D eigenvalue weighted by atomic mass is 16.4. The summed E-state index contributed by atoms with van der Waals surface area (Å²) < 4.78 is 0. The second-order valence-corrected chi connectivity index (χ2v) is 5.54. The summed E-state index contributed by atoms with van der Waals surface area (Å²) in [6, 6.07) is 17.5. The van der Waals surface area contributed by atoms with Crippen LogP contribution in [0.25, 0.3) is 0 Å². The lowest BCUT2D eigenvalue weighted by molar-refractivity contribution is -0.112. The van der Waals surface area contributed by atoms with E-state index in [2.05, 4.69) is 5.32 Å². The van der Waals surface area contributed by atoms with E-state index in [1.165, 1.54) is 24.4 Å². The zero-order valence-corrected chi connectivity index (χ0v) is 14.3. The molecule has 0 fully saturated rings. The molecular formula is C20H19N3O3. The Morgan fingerprint density at radius 3 is 2.54 bits per heavy atom. The summed E-state index contributed by atoms with van der Waals surface area (Å²) >= 11 is 0. The molecule has 132 valence electrons. The molecule has 0 unspecified atom stereocenters. The zero-order valence-electron chi connectivity index (χ0n) is 14.3. The maximum atomic E-state index is 12.4. The summed E-state index contributed by atoms with van der Waals surface area (Å²) in [5.41, 5.74) is 1.40. The quantitative estimate of drug-likeness (QED) is 0.591. The summed E-state index contributed by atoms with van der Waals surface area (Å²) in [6.07, 6.45) is 1.52. The van der Waals surface area contributed by atoms with Gasteiger partial charge in [-0.1, -0.05) is 36.4 Å². The number of anilines is 1. The van der Waals surface area contributed by atoms with Gasteiger partial charge in [0.05, 0.1) is 5.56 Å². The van der Waals surface area contributed by atoms with Gasteiger partial charge in [-0.15, -0.1) is 0 Å². The number of nitriles is 1. The van der Waals surface area contributed by atoms with Gasteiger partial charge in [0, 0.05) is 25.0 Å². The van der Waals surface area contributed by atoms with Gasteiger partial charge in [-0.25, -0.2) is 4.79 Å². The monoisotopic (exact) mass is 349 g/mol. The minimum Gasteiger partial charge on any atom is -0.478 e. The van der Waals surface area contributed by atoms with E-state index in [4.69, 9.17) is 5.11 Å². The number of carbonyl (C=O) groups excluding carboxylic acids is 1. The highest BCUT2D eigenvalue weighted by molar-refractivity contribution is 6.06. The van der Waals surface area contributed by atoms with Gasteiger partial charge in [-0.2, -0.15) is 5.26 Å². The lowest BCUT2D eigenvalue weighted by atomic mass is 10.2. The van der Waals surface area contributed by atoms with Crippen molar-refractivity contribution in [3.05, 3.63) is 77.5 Å². The molecule has 0 aliphatic rings. The Hall–Kier alpha value is -3.59. The van der Waals surface area contributed by atoms with Gasteiger partial charge in [-0.3, -0.25) is 4.79 Å². The first-order valence-electron chi connectivity index (χ1n) is 8.08. The maximum absolute atomic E-state index is 12.4. The van der Waals surface area contributed by atoms with E-state index in [0.29, 0.717) is 18.8 Å². The molecule has 0 atom stereocenters. The van der Waals surface area contributed by atoms with Crippen molar-refractivity contribution in [2.24, 2.45) is 0 Å². The van der Waals surface area contributed by atoms with Crippen LogP contribution in [0, 0.1) is 11.3 Å². The number of rotatable bonds is 7. The predicted molar refractivity (Wildman–Crippen MR) is 98.3 cm³/mol. The number of nitrogens with one attached hydrogen (secondary N) is 1. The van der Waals surface area contributed by atoms with Gasteiger partial charge in [0.1, 0.15) is 11.6 Å². The number of carboxylic acid groups (broad SMARTS) is 1. The van der Waals surface area contributed by atoms with Crippen LogP contribution in [0.2, 0.25) is 0 Å². The average Bonchev–Trinajstić information content (AvgIpc) is 2.65. The van der Waals surface area contributed by atoms with Crippen LogP contribution < -0.4 is 5.32 Å². The van der Waals surface area contributed by atoms with Crippen molar-refractivity contribution in [1.82, 2.24) is 4.90 Å². The molecule has 0 radical (unpaired) electrons. The molecule has 6 heteroatoms. The number of carboxylic acids is 1. The number of aromatic carboxylic acids is 1. The van der Waals surface area contributed by atoms with Crippen molar-refractivity contribution in [2.75, 3.05) is 11.9 Å². The first kappa shape index (κ1) is 18.7. The average molecular weight is 349 g/mol. The summed E-state index contributed by atoms with van der Waals surface area (Å²) in [7, 11) is 0. The van der Waals surface area contributed by atoms with E-state index in [1.54, 1.807) is 6.07 Å². The fraction of sp³-hybridized carbons (Fsp3) is 0.150. The molecule has 2 rings (SSSR count). The summed E-state index contributed by atoms with van der Waals surface area (Å²) in [6.45, 7) is 3.13. The van der Waals surface area contributed by atoms with E-state index in [0.717, 1.165) is 5.56 Å². The zero-order chi connectivity index (χ0) is 18.9.